The first kappa shape index (κ1) is 10.2. The van der Waals surface area contributed by atoms with E-state index in [1.165, 1.54) is 0 Å². The molecule has 14 heavy (non-hydrogen) atoms. The summed E-state index contributed by atoms with van der Waals surface area (Å²) >= 11 is 0. The van der Waals surface area contributed by atoms with Crippen LogP contribution in [0.4, 0.5) is 5.69 Å². The fourth-order valence-corrected chi connectivity index (χ4v) is 1.16. The monoisotopic (exact) mass is 183 g/mol. The van der Waals surface area contributed by atoms with Gasteiger partial charge in [0, 0.05) is 11.3 Å². The lowest BCUT2D eigenvalue weighted by molar-refractivity contribution is 0.858. The quantitative estimate of drug-likeness (QED) is 0.710. The van der Waals surface area contributed by atoms with Gasteiger partial charge in [-0.3, -0.25) is 0 Å². The highest BCUT2D eigenvalue weighted by molar-refractivity contribution is 5.51. The van der Waals surface area contributed by atoms with Crippen LogP contribution in [-0.4, -0.2) is 6.04 Å². The average Bonchev–Trinajstić information content (AvgIpc) is 2.26. The van der Waals surface area contributed by atoms with Crippen molar-refractivity contribution in [3.8, 4) is 24.7 Å². The number of hydrogen-bond acceptors (Lipinski definition) is 1. The molecule has 0 aliphatic rings. The molecule has 1 rings (SSSR count). The van der Waals surface area contributed by atoms with Gasteiger partial charge in [-0.25, -0.2) is 0 Å². The molecule has 0 amide bonds. The zero-order valence-corrected chi connectivity index (χ0v) is 8.25. The zero-order chi connectivity index (χ0) is 10.4. The van der Waals surface area contributed by atoms with E-state index in [9.17, 15) is 0 Å². The standard InChI is InChI=1S/C13H13N/c1-4-11-8-7-9-13(10-11)14-12(5-2)6-3/h1-2,7-10,12,14H,6H2,3H3. The molecule has 70 valence electrons. The summed E-state index contributed by atoms with van der Waals surface area (Å²) in [4.78, 5) is 0. The van der Waals surface area contributed by atoms with Crippen molar-refractivity contribution in [2.24, 2.45) is 0 Å². The van der Waals surface area contributed by atoms with Crippen molar-refractivity contribution < 1.29 is 0 Å². The third kappa shape index (κ3) is 2.57. The van der Waals surface area contributed by atoms with E-state index in [1.54, 1.807) is 0 Å². The van der Waals surface area contributed by atoms with Crippen molar-refractivity contribution in [3.63, 3.8) is 0 Å². The fraction of sp³-hybridized carbons (Fsp3) is 0.231. The predicted molar refractivity (Wildman–Crippen MR) is 60.9 cm³/mol. The van der Waals surface area contributed by atoms with Crippen molar-refractivity contribution in [2.75, 3.05) is 5.32 Å². The molecule has 1 aromatic carbocycles. The highest BCUT2D eigenvalue weighted by Gasteiger charge is 2.00. The van der Waals surface area contributed by atoms with Crippen LogP contribution in [0.1, 0.15) is 18.9 Å². The van der Waals surface area contributed by atoms with Gasteiger partial charge < -0.3 is 5.32 Å². The molecule has 1 aromatic rings. The van der Waals surface area contributed by atoms with E-state index >= 15 is 0 Å². The maximum absolute atomic E-state index is 5.35. The van der Waals surface area contributed by atoms with Gasteiger partial charge in [0.05, 0.1) is 6.04 Å². The van der Waals surface area contributed by atoms with Gasteiger partial charge >= 0.3 is 0 Å². The van der Waals surface area contributed by atoms with Crippen LogP contribution in [0, 0.1) is 24.7 Å². The Kier molecular flexibility index (Phi) is 3.65. The lowest BCUT2D eigenvalue weighted by Crippen LogP contribution is -2.15. The molecule has 0 fully saturated rings. The van der Waals surface area contributed by atoms with Gasteiger partial charge in [-0.2, -0.15) is 0 Å². The van der Waals surface area contributed by atoms with Gasteiger partial charge in [0.1, 0.15) is 0 Å². The predicted octanol–water partition coefficient (Wildman–Crippen LogP) is 2.49. The van der Waals surface area contributed by atoms with Crippen LogP contribution in [-0.2, 0) is 0 Å². The van der Waals surface area contributed by atoms with Gasteiger partial charge in [0.15, 0.2) is 0 Å². The number of hydrogen-bond donors (Lipinski definition) is 1. The van der Waals surface area contributed by atoms with Gasteiger partial charge in [-0.15, -0.1) is 12.8 Å². The summed E-state index contributed by atoms with van der Waals surface area (Å²) in [6.45, 7) is 2.04. The second-order valence-corrected chi connectivity index (χ2v) is 3.00. The van der Waals surface area contributed by atoms with E-state index in [0.29, 0.717) is 0 Å². The minimum absolute atomic E-state index is 0.0722. The van der Waals surface area contributed by atoms with Crippen LogP contribution in [0.2, 0.25) is 0 Å². The molecule has 0 aliphatic heterocycles. The van der Waals surface area contributed by atoms with Crippen LogP contribution in [0.25, 0.3) is 0 Å². The van der Waals surface area contributed by atoms with Crippen LogP contribution in [0.3, 0.4) is 0 Å². The molecule has 1 atom stereocenters. The number of nitrogens with one attached hydrogen (secondary N) is 1. The first-order valence-electron chi connectivity index (χ1n) is 4.59. The van der Waals surface area contributed by atoms with E-state index in [4.69, 9.17) is 12.8 Å². The molecule has 1 N–H and O–H groups in total. The smallest absolute Gasteiger partial charge is 0.0871 e. The zero-order valence-electron chi connectivity index (χ0n) is 8.25. The summed E-state index contributed by atoms with van der Waals surface area (Å²) in [5, 5.41) is 3.22. The first-order valence-corrected chi connectivity index (χ1v) is 4.59. The molecule has 1 unspecified atom stereocenters. The maximum Gasteiger partial charge on any atom is 0.0871 e. The van der Waals surface area contributed by atoms with E-state index in [0.717, 1.165) is 17.7 Å². The minimum Gasteiger partial charge on any atom is -0.372 e. The number of rotatable bonds is 3. The summed E-state index contributed by atoms with van der Waals surface area (Å²) in [7, 11) is 0. The largest absolute Gasteiger partial charge is 0.372 e. The molecular weight excluding hydrogens is 170 g/mol. The van der Waals surface area contributed by atoms with Crippen LogP contribution >= 0.6 is 0 Å². The third-order valence-corrected chi connectivity index (χ3v) is 1.98. The van der Waals surface area contributed by atoms with Crippen molar-refractivity contribution in [3.05, 3.63) is 29.8 Å². The molecular formula is C13H13N. The van der Waals surface area contributed by atoms with Gasteiger partial charge in [0.25, 0.3) is 0 Å². The molecule has 0 heterocycles. The summed E-state index contributed by atoms with van der Waals surface area (Å²) < 4.78 is 0. The van der Waals surface area contributed by atoms with Crippen LogP contribution < -0.4 is 5.32 Å². The lowest BCUT2D eigenvalue weighted by Gasteiger charge is -2.12. The van der Waals surface area contributed by atoms with Crippen molar-refractivity contribution in [2.45, 2.75) is 19.4 Å². The van der Waals surface area contributed by atoms with E-state index in [-0.39, 0.29) is 6.04 Å². The highest BCUT2D eigenvalue weighted by Crippen LogP contribution is 2.11. The molecule has 0 radical (unpaired) electrons. The molecule has 0 saturated heterocycles. The van der Waals surface area contributed by atoms with Crippen molar-refractivity contribution >= 4 is 5.69 Å². The Labute approximate surface area is 85.5 Å². The van der Waals surface area contributed by atoms with E-state index in [2.05, 4.69) is 17.2 Å². The van der Waals surface area contributed by atoms with Gasteiger partial charge in [-0.1, -0.05) is 24.8 Å². The molecule has 1 heteroatoms. The Hall–Kier alpha value is -1.86. The SMILES string of the molecule is C#Cc1cccc(NC(C#C)CC)c1. The Bertz CT molecular complexity index is 379. The lowest BCUT2D eigenvalue weighted by atomic mass is 10.2. The topological polar surface area (TPSA) is 12.0 Å². The van der Waals surface area contributed by atoms with E-state index < -0.39 is 0 Å². The maximum atomic E-state index is 5.35. The van der Waals surface area contributed by atoms with Gasteiger partial charge in [-0.05, 0) is 24.6 Å². The molecule has 1 nitrogen and oxygen atoms in total. The molecule has 0 bridgehead atoms. The Morgan fingerprint density at radius 2 is 2.21 bits per heavy atom. The second-order valence-electron chi connectivity index (χ2n) is 3.00. The molecule has 0 spiro atoms. The van der Waals surface area contributed by atoms with Gasteiger partial charge in [0.2, 0.25) is 0 Å². The Morgan fingerprint density at radius 1 is 1.43 bits per heavy atom. The number of anilines is 1. The molecule has 0 aliphatic carbocycles. The highest BCUT2D eigenvalue weighted by atomic mass is 14.9. The Morgan fingerprint density at radius 3 is 2.79 bits per heavy atom. The van der Waals surface area contributed by atoms with Crippen molar-refractivity contribution in [1.29, 1.82) is 0 Å². The molecule has 0 saturated carbocycles. The normalized spacial score (nSPS) is 11.1. The number of terminal acetylenes is 2. The third-order valence-electron chi connectivity index (χ3n) is 1.98. The summed E-state index contributed by atoms with van der Waals surface area (Å²) in [5.74, 6) is 5.26. The average molecular weight is 183 g/mol. The summed E-state index contributed by atoms with van der Waals surface area (Å²) in [6.07, 6.45) is 11.5. The number of benzene rings is 1. The minimum atomic E-state index is 0.0722. The Balaban J connectivity index is 2.78. The van der Waals surface area contributed by atoms with Crippen LogP contribution in [0.15, 0.2) is 24.3 Å². The van der Waals surface area contributed by atoms with E-state index in [1.807, 2.05) is 31.2 Å². The second kappa shape index (κ2) is 5.00. The first-order chi connectivity index (χ1) is 6.80. The molecule has 0 aromatic heterocycles. The van der Waals surface area contributed by atoms with Crippen molar-refractivity contribution in [1.82, 2.24) is 0 Å². The fourth-order valence-electron chi connectivity index (χ4n) is 1.16. The summed E-state index contributed by atoms with van der Waals surface area (Å²) in [5.41, 5.74) is 1.84. The summed E-state index contributed by atoms with van der Waals surface area (Å²) in [6, 6.07) is 7.76. The van der Waals surface area contributed by atoms with Crippen LogP contribution in [0.5, 0.6) is 0 Å².